The summed E-state index contributed by atoms with van der Waals surface area (Å²) in [6.07, 6.45) is 1.80. The number of rotatable bonds is 2. The Labute approximate surface area is 108 Å². The van der Waals surface area contributed by atoms with Crippen molar-refractivity contribution in [3.63, 3.8) is 0 Å². The molecule has 1 heterocycles. The zero-order valence-corrected chi connectivity index (χ0v) is 11.5. The van der Waals surface area contributed by atoms with E-state index in [0.717, 1.165) is 22.3 Å². The maximum Gasteiger partial charge on any atom is 0.0953 e. The van der Waals surface area contributed by atoms with Gasteiger partial charge in [0.15, 0.2) is 0 Å². The lowest BCUT2D eigenvalue weighted by molar-refractivity contribution is 0.359. The van der Waals surface area contributed by atoms with Gasteiger partial charge in [-0.2, -0.15) is 0 Å². The van der Waals surface area contributed by atoms with E-state index in [1.165, 1.54) is 0 Å². The number of hydrogen-bond donors (Lipinski definition) is 2. The lowest BCUT2D eigenvalue weighted by Gasteiger charge is -2.29. The average molecular weight is 243 g/mol. The maximum absolute atomic E-state index is 5.97. The van der Waals surface area contributed by atoms with Crippen molar-refractivity contribution in [2.75, 3.05) is 11.1 Å². The van der Waals surface area contributed by atoms with Crippen LogP contribution in [0.5, 0.6) is 0 Å². The van der Waals surface area contributed by atoms with Gasteiger partial charge in [0.1, 0.15) is 0 Å². The van der Waals surface area contributed by atoms with Crippen molar-refractivity contribution in [3.8, 4) is 0 Å². The number of pyridine rings is 1. The maximum atomic E-state index is 5.97. The smallest absolute Gasteiger partial charge is 0.0953 e. The molecule has 3 nitrogen and oxygen atoms in total. The minimum Gasteiger partial charge on any atom is -0.398 e. The van der Waals surface area contributed by atoms with Crippen LogP contribution in [0, 0.1) is 5.41 Å². The van der Waals surface area contributed by atoms with E-state index in [2.05, 4.69) is 38.0 Å². The summed E-state index contributed by atoms with van der Waals surface area (Å²) in [5.74, 6) is 0. The van der Waals surface area contributed by atoms with Crippen molar-refractivity contribution < 1.29 is 0 Å². The fraction of sp³-hybridized carbons (Fsp3) is 0.400. The molecule has 0 fully saturated rings. The predicted octanol–water partition coefficient (Wildman–Crippen LogP) is 3.66. The van der Waals surface area contributed by atoms with Crippen molar-refractivity contribution in [2.24, 2.45) is 5.41 Å². The molecule has 1 aromatic carbocycles. The highest BCUT2D eigenvalue weighted by Crippen LogP contribution is 2.29. The number of aromatic nitrogens is 1. The highest BCUT2D eigenvalue weighted by atomic mass is 14.9. The van der Waals surface area contributed by atoms with Gasteiger partial charge in [-0.15, -0.1) is 0 Å². The second-order valence-electron chi connectivity index (χ2n) is 5.83. The van der Waals surface area contributed by atoms with E-state index in [0.29, 0.717) is 6.04 Å². The minimum atomic E-state index is 0.197. The van der Waals surface area contributed by atoms with Crippen molar-refractivity contribution in [2.45, 2.75) is 33.7 Å². The van der Waals surface area contributed by atoms with Gasteiger partial charge >= 0.3 is 0 Å². The summed E-state index contributed by atoms with van der Waals surface area (Å²) in [5.41, 5.74) is 8.92. The Hall–Kier alpha value is -1.77. The lowest BCUT2D eigenvalue weighted by atomic mass is 9.88. The van der Waals surface area contributed by atoms with Crippen LogP contribution < -0.4 is 11.1 Å². The van der Waals surface area contributed by atoms with E-state index in [9.17, 15) is 0 Å². The average Bonchev–Trinajstić information content (AvgIpc) is 2.32. The van der Waals surface area contributed by atoms with Gasteiger partial charge in [-0.3, -0.25) is 4.98 Å². The van der Waals surface area contributed by atoms with Crippen LogP contribution >= 0.6 is 0 Å². The molecular weight excluding hydrogens is 222 g/mol. The minimum absolute atomic E-state index is 0.197. The van der Waals surface area contributed by atoms with Crippen LogP contribution in [0.2, 0.25) is 0 Å². The van der Waals surface area contributed by atoms with Crippen LogP contribution in [0.25, 0.3) is 10.9 Å². The lowest BCUT2D eigenvalue weighted by Crippen LogP contribution is -2.30. The molecule has 1 atom stereocenters. The fourth-order valence-electron chi connectivity index (χ4n) is 1.76. The van der Waals surface area contributed by atoms with Crippen molar-refractivity contribution >= 4 is 22.3 Å². The summed E-state index contributed by atoms with van der Waals surface area (Å²) < 4.78 is 0. The van der Waals surface area contributed by atoms with E-state index < -0.39 is 0 Å². The van der Waals surface area contributed by atoms with Crippen LogP contribution in [-0.4, -0.2) is 11.0 Å². The van der Waals surface area contributed by atoms with Crippen molar-refractivity contribution in [1.29, 1.82) is 0 Å². The highest BCUT2D eigenvalue weighted by molar-refractivity contribution is 5.98. The third-order valence-corrected chi connectivity index (χ3v) is 3.47. The number of nitrogens with one attached hydrogen (secondary N) is 1. The number of hydrogen-bond acceptors (Lipinski definition) is 3. The fourth-order valence-corrected chi connectivity index (χ4v) is 1.76. The Kier molecular flexibility index (Phi) is 3.16. The number of nitrogens with two attached hydrogens (primary N) is 1. The Bertz CT molecular complexity index is 555. The highest BCUT2D eigenvalue weighted by Gasteiger charge is 2.20. The SMILES string of the molecule is CC(Nc1ccc(N)c2cccnc12)C(C)(C)C. The van der Waals surface area contributed by atoms with Gasteiger partial charge in [-0.1, -0.05) is 20.8 Å². The number of anilines is 2. The van der Waals surface area contributed by atoms with Crippen LogP contribution in [-0.2, 0) is 0 Å². The van der Waals surface area contributed by atoms with E-state index in [-0.39, 0.29) is 5.41 Å². The van der Waals surface area contributed by atoms with E-state index in [1.54, 1.807) is 6.20 Å². The van der Waals surface area contributed by atoms with Crippen LogP contribution in [0.1, 0.15) is 27.7 Å². The summed E-state index contributed by atoms with van der Waals surface area (Å²) in [6, 6.07) is 8.21. The van der Waals surface area contributed by atoms with Gasteiger partial charge in [0, 0.05) is 23.3 Å². The molecule has 2 aromatic rings. The van der Waals surface area contributed by atoms with Crippen LogP contribution in [0.4, 0.5) is 11.4 Å². The van der Waals surface area contributed by atoms with E-state index in [1.807, 2.05) is 24.3 Å². The molecule has 0 radical (unpaired) electrons. The van der Waals surface area contributed by atoms with Crippen LogP contribution in [0.3, 0.4) is 0 Å². The molecule has 0 aliphatic rings. The number of nitrogens with zero attached hydrogens (tertiary/aromatic N) is 1. The quantitative estimate of drug-likeness (QED) is 0.791. The Morgan fingerprint density at radius 2 is 1.94 bits per heavy atom. The predicted molar refractivity (Wildman–Crippen MR) is 78.7 cm³/mol. The summed E-state index contributed by atoms with van der Waals surface area (Å²) in [7, 11) is 0. The molecule has 3 heteroatoms. The summed E-state index contributed by atoms with van der Waals surface area (Å²) in [6.45, 7) is 8.85. The normalized spacial score (nSPS) is 13.6. The van der Waals surface area contributed by atoms with Gasteiger partial charge in [-0.05, 0) is 36.6 Å². The molecule has 0 aliphatic heterocycles. The number of fused-ring (bicyclic) bond motifs is 1. The molecular formula is C15H21N3. The Balaban J connectivity index is 2.44. The topological polar surface area (TPSA) is 50.9 Å². The first kappa shape index (κ1) is 12.7. The molecule has 1 unspecified atom stereocenters. The molecule has 2 rings (SSSR count). The first-order chi connectivity index (χ1) is 8.39. The third kappa shape index (κ3) is 2.40. The van der Waals surface area contributed by atoms with E-state index >= 15 is 0 Å². The molecule has 0 saturated carbocycles. The van der Waals surface area contributed by atoms with Crippen LogP contribution in [0.15, 0.2) is 30.5 Å². The summed E-state index contributed by atoms with van der Waals surface area (Å²) in [5, 5.41) is 4.54. The standard InChI is InChI=1S/C15H21N3/c1-10(15(2,3)4)18-13-8-7-12(16)11-6-5-9-17-14(11)13/h5-10,18H,16H2,1-4H3. The van der Waals surface area contributed by atoms with Gasteiger partial charge in [0.25, 0.3) is 0 Å². The molecule has 0 aliphatic carbocycles. The summed E-state index contributed by atoms with van der Waals surface area (Å²) >= 11 is 0. The molecule has 18 heavy (non-hydrogen) atoms. The molecule has 0 amide bonds. The first-order valence-corrected chi connectivity index (χ1v) is 6.29. The monoisotopic (exact) mass is 243 g/mol. The molecule has 3 N–H and O–H groups in total. The van der Waals surface area contributed by atoms with Crippen molar-refractivity contribution in [3.05, 3.63) is 30.5 Å². The largest absolute Gasteiger partial charge is 0.398 e. The molecule has 0 bridgehead atoms. The molecule has 0 spiro atoms. The van der Waals surface area contributed by atoms with Crippen molar-refractivity contribution in [1.82, 2.24) is 4.98 Å². The van der Waals surface area contributed by atoms with Gasteiger partial charge in [0.2, 0.25) is 0 Å². The Morgan fingerprint density at radius 1 is 1.22 bits per heavy atom. The number of nitrogen functional groups attached to an aromatic ring is 1. The molecule has 0 saturated heterocycles. The van der Waals surface area contributed by atoms with E-state index in [4.69, 9.17) is 5.73 Å². The van der Waals surface area contributed by atoms with Gasteiger partial charge in [-0.25, -0.2) is 0 Å². The molecule has 96 valence electrons. The second-order valence-corrected chi connectivity index (χ2v) is 5.83. The second kappa shape index (κ2) is 4.48. The zero-order chi connectivity index (χ0) is 13.3. The number of benzene rings is 1. The van der Waals surface area contributed by atoms with Gasteiger partial charge < -0.3 is 11.1 Å². The zero-order valence-electron chi connectivity index (χ0n) is 11.5. The molecule has 1 aromatic heterocycles. The summed E-state index contributed by atoms with van der Waals surface area (Å²) in [4.78, 5) is 4.43. The van der Waals surface area contributed by atoms with Gasteiger partial charge in [0.05, 0.1) is 11.2 Å². The Morgan fingerprint density at radius 3 is 2.61 bits per heavy atom. The first-order valence-electron chi connectivity index (χ1n) is 6.29. The third-order valence-electron chi connectivity index (χ3n) is 3.47.